The van der Waals surface area contributed by atoms with Gasteiger partial charge in [-0.2, -0.15) is 0 Å². The fraction of sp³-hybridized carbons (Fsp3) is 0.385. The number of nitro groups is 1. The number of hydrogen-bond donors (Lipinski definition) is 1. The largest absolute Gasteiger partial charge is 0.347 e. The van der Waals surface area contributed by atoms with Gasteiger partial charge in [-0.15, -0.1) is 11.8 Å². The number of likely N-dealkylation sites (N-methyl/N-ethyl adjacent to an activating group) is 1. The standard InChI is InChI=1S/C13H17N3O4S/c1-9(13(18)14-8-12(17)15(2)3)21-11-6-4-10(5-7-11)16(19)20/h4-7,9H,8H2,1-3H3,(H,14,18)/t9-/m1/s1. The Balaban J connectivity index is 2.52. The Morgan fingerprint density at radius 2 is 1.90 bits per heavy atom. The van der Waals surface area contributed by atoms with E-state index in [1.54, 1.807) is 33.2 Å². The zero-order valence-electron chi connectivity index (χ0n) is 12.0. The summed E-state index contributed by atoms with van der Waals surface area (Å²) in [6, 6.07) is 5.97. The van der Waals surface area contributed by atoms with Gasteiger partial charge in [-0.1, -0.05) is 0 Å². The summed E-state index contributed by atoms with van der Waals surface area (Å²) in [5, 5.41) is 12.7. The normalized spacial score (nSPS) is 11.6. The van der Waals surface area contributed by atoms with Gasteiger partial charge in [0.15, 0.2) is 0 Å². The van der Waals surface area contributed by atoms with Crippen molar-refractivity contribution in [2.45, 2.75) is 17.1 Å². The molecule has 1 aromatic rings. The van der Waals surface area contributed by atoms with E-state index < -0.39 is 10.2 Å². The van der Waals surface area contributed by atoms with Crippen LogP contribution in [0.4, 0.5) is 5.69 Å². The van der Waals surface area contributed by atoms with E-state index in [0.717, 1.165) is 4.90 Å². The second-order valence-corrected chi connectivity index (χ2v) is 5.93. The molecule has 0 saturated heterocycles. The highest BCUT2D eigenvalue weighted by molar-refractivity contribution is 8.00. The van der Waals surface area contributed by atoms with Crippen molar-refractivity contribution in [1.29, 1.82) is 0 Å². The van der Waals surface area contributed by atoms with Gasteiger partial charge in [-0.3, -0.25) is 19.7 Å². The zero-order chi connectivity index (χ0) is 16.0. The van der Waals surface area contributed by atoms with Crippen molar-refractivity contribution in [2.24, 2.45) is 0 Å². The fourth-order valence-electron chi connectivity index (χ4n) is 1.37. The third-order valence-corrected chi connectivity index (χ3v) is 3.75. The van der Waals surface area contributed by atoms with Crippen LogP contribution in [-0.2, 0) is 9.59 Å². The molecule has 0 fully saturated rings. The van der Waals surface area contributed by atoms with E-state index >= 15 is 0 Å². The van der Waals surface area contributed by atoms with Gasteiger partial charge < -0.3 is 10.2 Å². The predicted molar refractivity (Wildman–Crippen MR) is 80.1 cm³/mol. The van der Waals surface area contributed by atoms with E-state index in [-0.39, 0.29) is 24.0 Å². The molecule has 0 heterocycles. The molecule has 8 heteroatoms. The maximum Gasteiger partial charge on any atom is 0.269 e. The topological polar surface area (TPSA) is 92.5 Å². The molecule has 0 aliphatic rings. The Morgan fingerprint density at radius 3 is 2.38 bits per heavy atom. The van der Waals surface area contributed by atoms with Gasteiger partial charge in [0.1, 0.15) is 0 Å². The highest BCUT2D eigenvalue weighted by Crippen LogP contribution is 2.25. The smallest absolute Gasteiger partial charge is 0.269 e. The van der Waals surface area contributed by atoms with Gasteiger partial charge in [0, 0.05) is 31.1 Å². The molecule has 1 rings (SSSR count). The molecule has 1 aromatic carbocycles. The number of non-ortho nitro benzene ring substituents is 1. The lowest BCUT2D eigenvalue weighted by atomic mass is 10.3. The minimum Gasteiger partial charge on any atom is -0.347 e. The molecule has 1 atom stereocenters. The number of carbonyl (C=O) groups excluding carboxylic acids is 2. The lowest BCUT2D eigenvalue weighted by Gasteiger charge is -2.14. The minimum atomic E-state index is -0.475. The van der Waals surface area contributed by atoms with Crippen molar-refractivity contribution in [3.63, 3.8) is 0 Å². The van der Waals surface area contributed by atoms with Crippen LogP contribution in [0.3, 0.4) is 0 Å². The van der Waals surface area contributed by atoms with Gasteiger partial charge in [0.05, 0.1) is 16.7 Å². The number of benzene rings is 1. The molecule has 0 aliphatic heterocycles. The van der Waals surface area contributed by atoms with Crippen LogP contribution in [0.25, 0.3) is 0 Å². The lowest BCUT2D eigenvalue weighted by Crippen LogP contribution is -2.39. The van der Waals surface area contributed by atoms with Crippen LogP contribution < -0.4 is 5.32 Å². The minimum absolute atomic E-state index is 0.00744. The average molecular weight is 311 g/mol. The summed E-state index contributed by atoms with van der Waals surface area (Å²) in [6.45, 7) is 1.67. The quantitative estimate of drug-likeness (QED) is 0.485. The summed E-state index contributed by atoms with van der Waals surface area (Å²) in [4.78, 5) is 35.4. The predicted octanol–water partition coefficient (Wildman–Crippen LogP) is 1.28. The Hall–Kier alpha value is -2.09. The van der Waals surface area contributed by atoms with E-state index in [4.69, 9.17) is 0 Å². The third kappa shape index (κ3) is 5.42. The van der Waals surface area contributed by atoms with Gasteiger partial charge in [0.25, 0.3) is 5.69 Å². The molecular weight excluding hydrogens is 294 g/mol. The van der Waals surface area contributed by atoms with Crippen molar-refractivity contribution < 1.29 is 14.5 Å². The maximum atomic E-state index is 11.8. The van der Waals surface area contributed by atoms with E-state index in [2.05, 4.69) is 5.32 Å². The fourth-order valence-corrected chi connectivity index (χ4v) is 2.26. The number of nitrogens with one attached hydrogen (secondary N) is 1. The maximum absolute atomic E-state index is 11.8. The summed E-state index contributed by atoms with van der Waals surface area (Å²) in [5.74, 6) is -0.440. The molecule has 0 spiro atoms. The molecule has 0 saturated carbocycles. The van der Waals surface area contributed by atoms with Crippen LogP contribution in [0, 0.1) is 10.1 Å². The first-order valence-corrected chi connectivity index (χ1v) is 7.08. The Bertz CT molecular complexity index is 531. The number of nitrogens with zero attached hydrogens (tertiary/aromatic N) is 2. The first kappa shape index (κ1) is 17.0. The van der Waals surface area contributed by atoms with Crippen LogP contribution in [0.2, 0.25) is 0 Å². The summed E-state index contributed by atoms with van der Waals surface area (Å²) in [5.41, 5.74) is 0.00744. The molecule has 0 aromatic heterocycles. The summed E-state index contributed by atoms with van der Waals surface area (Å²) in [6.07, 6.45) is 0. The first-order valence-electron chi connectivity index (χ1n) is 6.20. The van der Waals surface area contributed by atoms with Gasteiger partial charge in [-0.25, -0.2) is 0 Å². The van der Waals surface area contributed by atoms with Crippen LogP contribution in [0.5, 0.6) is 0 Å². The SMILES string of the molecule is C[C@@H](Sc1ccc([N+](=O)[O-])cc1)C(=O)NCC(=O)N(C)C. The van der Waals surface area contributed by atoms with E-state index in [1.807, 2.05) is 0 Å². The number of nitro benzene ring substituents is 1. The molecule has 0 unspecified atom stereocenters. The third-order valence-electron chi connectivity index (χ3n) is 2.64. The highest BCUT2D eigenvalue weighted by atomic mass is 32.2. The van der Waals surface area contributed by atoms with Crippen LogP contribution in [-0.4, -0.2) is 47.5 Å². The molecule has 1 N–H and O–H groups in total. The number of thioether (sulfide) groups is 1. The van der Waals surface area contributed by atoms with Crippen molar-refractivity contribution in [3.05, 3.63) is 34.4 Å². The van der Waals surface area contributed by atoms with Crippen LogP contribution in [0.15, 0.2) is 29.2 Å². The lowest BCUT2D eigenvalue weighted by molar-refractivity contribution is -0.384. The van der Waals surface area contributed by atoms with Crippen molar-refractivity contribution in [1.82, 2.24) is 10.2 Å². The van der Waals surface area contributed by atoms with Crippen molar-refractivity contribution in [3.8, 4) is 0 Å². The number of hydrogen-bond acceptors (Lipinski definition) is 5. The molecule has 114 valence electrons. The van der Waals surface area contributed by atoms with Crippen LogP contribution in [0.1, 0.15) is 6.92 Å². The molecular formula is C13H17N3O4S. The van der Waals surface area contributed by atoms with Gasteiger partial charge in [-0.05, 0) is 19.1 Å². The highest BCUT2D eigenvalue weighted by Gasteiger charge is 2.16. The molecule has 21 heavy (non-hydrogen) atoms. The second-order valence-electron chi connectivity index (χ2n) is 4.52. The summed E-state index contributed by atoms with van der Waals surface area (Å²) < 4.78 is 0. The van der Waals surface area contributed by atoms with E-state index in [1.165, 1.54) is 28.8 Å². The van der Waals surface area contributed by atoms with Crippen molar-refractivity contribution in [2.75, 3.05) is 20.6 Å². The van der Waals surface area contributed by atoms with E-state index in [0.29, 0.717) is 0 Å². The summed E-state index contributed by atoms with van der Waals surface area (Å²) >= 11 is 1.27. The first-order chi connectivity index (χ1) is 9.81. The molecule has 7 nitrogen and oxygen atoms in total. The van der Waals surface area contributed by atoms with Gasteiger partial charge in [0.2, 0.25) is 11.8 Å². The second kappa shape index (κ2) is 7.63. The average Bonchev–Trinajstić information content (AvgIpc) is 2.44. The molecule has 2 amide bonds. The molecule has 0 bridgehead atoms. The zero-order valence-corrected chi connectivity index (χ0v) is 12.8. The van der Waals surface area contributed by atoms with Gasteiger partial charge >= 0.3 is 0 Å². The van der Waals surface area contributed by atoms with E-state index in [9.17, 15) is 19.7 Å². The van der Waals surface area contributed by atoms with Crippen molar-refractivity contribution >= 4 is 29.3 Å². The monoisotopic (exact) mass is 311 g/mol. The van der Waals surface area contributed by atoms with Crippen LogP contribution >= 0.6 is 11.8 Å². The Kier molecular flexibility index (Phi) is 6.16. The Labute approximate surface area is 126 Å². The Morgan fingerprint density at radius 1 is 1.33 bits per heavy atom. The molecule has 0 radical (unpaired) electrons. The number of rotatable bonds is 6. The number of amides is 2. The summed E-state index contributed by atoms with van der Waals surface area (Å²) in [7, 11) is 3.23. The molecule has 0 aliphatic carbocycles. The number of carbonyl (C=O) groups is 2.